The van der Waals surface area contributed by atoms with Crippen LogP contribution in [-0.2, 0) is 6.54 Å². The molecule has 78 valence electrons. The normalized spacial score (nSPS) is 9.93. The Bertz CT molecular complexity index is 415. The molecular weight excluding hydrogens is 198 g/mol. The van der Waals surface area contributed by atoms with Crippen LogP contribution in [0.4, 0.5) is 5.82 Å². The van der Waals surface area contributed by atoms with Crippen molar-refractivity contribution in [1.29, 1.82) is 0 Å². The lowest BCUT2D eigenvalue weighted by Crippen LogP contribution is -2.03. The lowest BCUT2D eigenvalue weighted by atomic mass is 10.5. The maximum absolute atomic E-state index is 4.95. The zero-order valence-electron chi connectivity index (χ0n) is 8.01. The van der Waals surface area contributed by atoms with E-state index >= 15 is 0 Å². The summed E-state index contributed by atoms with van der Waals surface area (Å²) in [5, 5.41) is 16.4. The van der Waals surface area contributed by atoms with Gasteiger partial charge < -0.3 is 10.1 Å². The van der Waals surface area contributed by atoms with Crippen molar-refractivity contribution in [2.75, 3.05) is 12.4 Å². The number of nitrogens with zero attached hydrogens (tertiary/aromatic N) is 5. The van der Waals surface area contributed by atoms with Crippen molar-refractivity contribution in [3.8, 4) is 5.88 Å². The lowest BCUT2D eigenvalue weighted by Gasteiger charge is -2.03. The molecule has 0 radical (unpaired) electrons. The number of ether oxygens (including phenoxy) is 1. The molecule has 0 aromatic carbocycles. The van der Waals surface area contributed by atoms with Gasteiger partial charge in [-0.25, -0.2) is 9.97 Å². The summed E-state index contributed by atoms with van der Waals surface area (Å²) in [6.07, 6.45) is 1.41. The topological polar surface area (TPSA) is 102 Å². The number of anilines is 1. The molecule has 15 heavy (non-hydrogen) atoms. The van der Waals surface area contributed by atoms with Crippen LogP contribution in [0.15, 0.2) is 12.4 Å². The average Bonchev–Trinajstić information content (AvgIpc) is 2.79. The molecule has 0 unspecified atom stereocenters. The Balaban J connectivity index is 1.98. The number of methoxy groups -OCH3 is 1. The first-order chi connectivity index (χ1) is 7.38. The van der Waals surface area contributed by atoms with Crippen LogP contribution in [0.2, 0.25) is 0 Å². The number of rotatable bonds is 4. The van der Waals surface area contributed by atoms with Crippen LogP contribution in [0.1, 0.15) is 5.82 Å². The molecule has 0 fully saturated rings. The van der Waals surface area contributed by atoms with Gasteiger partial charge in [0.2, 0.25) is 5.88 Å². The minimum Gasteiger partial charge on any atom is -0.481 e. The van der Waals surface area contributed by atoms with Crippen LogP contribution in [0.3, 0.4) is 0 Å². The third-order valence-electron chi connectivity index (χ3n) is 1.67. The highest BCUT2D eigenvalue weighted by molar-refractivity contribution is 5.36. The Morgan fingerprint density at radius 1 is 1.47 bits per heavy atom. The van der Waals surface area contributed by atoms with Crippen LogP contribution in [0.5, 0.6) is 5.88 Å². The van der Waals surface area contributed by atoms with E-state index in [1.165, 1.54) is 6.33 Å². The minimum absolute atomic E-state index is 0.441. The first-order valence-corrected chi connectivity index (χ1v) is 4.20. The number of nitrogens with one attached hydrogen (secondary N) is 2. The molecule has 0 spiro atoms. The van der Waals surface area contributed by atoms with Gasteiger partial charge in [0.25, 0.3) is 0 Å². The predicted molar refractivity (Wildman–Crippen MR) is 50.1 cm³/mol. The second kappa shape index (κ2) is 4.31. The Labute approximate surface area is 85.1 Å². The van der Waals surface area contributed by atoms with Crippen molar-refractivity contribution >= 4 is 5.82 Å². The number of aromatic nitrogens is 6. The number of hydrogen-bond donors (Lipinski definition) is 2. The maximum Gasteiger partial charge on any atom is 0.218 e. The zero-order chi connectivity index (χ0) is 10.5. The summed E-state index contributed by atoms with van der Waals surface area (Å²) in [4.78, 5) is 7.88. The fraction of sp³-hybridized carbons (Fsp3) is 0.286. The summed E-state index contributed by atoms with van der Waals surface area (Å²) in [5.41, 5.74) is 0. The molecule has 8 nitrogen and oxygen atoms in total. The highest BCUT2D eigenvalue weighted by Crippen LogP contribution is 2.10. The molecule has 0 aliphatic heterocycles. The quantitative estimate of drug-likeness (QED) is 0.703. The van der Waals surface area contributed by atoms with E-state index in [0.717, 1.165) is 0 Å². The molecule has 2 N–H and O–H groups in total. The van der Waals surface area contributed by atoms with Gasteiger partial charge in [-0.2, -0.15) is 5.21 Å². The molecular formula is C7H9N7O. The average molecular weight is 207 g/mol. The van der Waals surface area contributed by atoms with E-state index in [0.29, 0.717) is 24.1 Å². The van der Waals surface area contributed by atoms with Crippen molar-refractivity contribution in [3.05, 3.63) is 18.2 Å². The number of hydrogen-bond acceptors (Lipinski definition) is 7. The van der Waals surface area contributed by atoms with Gasteiger partial charge in [-0.1, -0.05) is 5.21 Å². The highest BCUT2D eigenvalue weighted by atomic mass is 16.5. The van der Waals surface area contributed by atoms with E-state index in [1.54, 1.807) is 13.2 Å². The van der Waals surface area contributed by atoms with Gasteiger partial charge in [0.05, 0.1) is 13.7 Å². The van der Waals surface area contributed by atoms with E-state index < -0.39 is 0 Å². The third kappa shape index (κ3) is 2.36. The summed E-state index contributed by atoms with van der Waals surface area (Å²) in [7, 11) is 1.55. The zero-order valence-corrected chi connectivity index (χ0v) is 8.01. The van der Waals surface area contributed by atoms with E-state index in [9.17, 15) is 0 Å². The van der Waals surface area contributed by atoms with Crippen LogP contribution >= 0.6 is 0 Å². The predicted octanol–water partition coefficient (Wildman–Crippen LogP) is -0.390. The number of H-pyrrole nitrogens is 1. The summed E-state index contributed by atoms with van der Waals surface area (Å²) >= 11 is 0. The van der Waals surface area contributed by atoms with Crippen LogP contribution in [0, 0.1) is 0 Å². The molecule has 0 saturated heterocycles. The molecule has 2 aromatic heterocycles. The molecule has 0 saturated carbocycles. The minimum atomic E-state index is 0.441. The summed E-state index contributed by atoms with van der Waals surface area (Å²) in [6, 6.07) is 1.68. The molecule has 8 heteroatoms. The van der Waals surface area contributed by atoms with Crippen LogP contribution in [-0.4, -0.2) is 37.7 Å². The Morgan fingerprint density at radius 3 is 3.13 bits per heavy atom. The highest BCUT2D eigenvalue weighted by Gasteiger charge is 2.00. The fourth-order valence-electron chi connectivity index (χ4n) is 0.975. The molecule has 0 aliphatic rings. The van der Waals surface area contributed by atoms with Crippen molar-refractivity contribution in [1.82, 2.24) is 30.6 Å². The molecule has 2 heterocycles. The summed E-state index contributed by atoms with van der Waals surface area (Å²) < 4.78 is 4.95. The molecule has 0 bridgehead atoms. The molecule has 0 amide bonds. The lowest BCUT2D eigenvalue weighted by molar-refractivity contribution is 0.397. The van der Waals surface area contributed by atoms with Gasteiger partial charge in [-0.3, -0.25) is 0 Å². The van der Waals surface area contributed by atoms with Crippen molar-refractivity contribution in [2.45, 2.75) is 6.54 Å². The molecule has 0 atom stereocenters. The first kappa shape index (κ1) is 9.31. The smallest absolute Gasteiger partial charge is 0.218 e. The second-order valence-electron chi connectivity index (χ2n) is 2.63. The van der Waals surface area contributed by atoms with Gasteiger partial charge in [-0.15, -0.1) is 10.2 Å². The maximum atomic E-state index is 4.95. The molecule has 0 aliphatic carbocycles. The molecule has 2 rings (SSSR count). The van der Waals surface area contributed by atoms with Gasteiger partial charge in [-0.05, 0) is 0 Å². The summed E-state index contributed by atoms with van der Waals surface area (Å²) in [5.74, 6) is 1.71. The Hall–Kier alpha value is -2.25. The third-order valence-corrected chi connectivity index (χ3v) is 1.67. The number of aromatic amines is 1. The van der Waals surface area contributed by atoms with Gasteiger partial charge >= 0.3 is 0 Å². The Morgan fingerprint density at radius 2 is 2.40 bits per heavy atom. The fourth-order valence-corrected chi connectivity index (χ4v) is 0.975. The SMILES string of the molecule is COc1cc(NCc2nn[nH]n2)ncn1. The van der Waals surface area contributed by atoms with E-state index in [4.69, 9.17) is 4.74 Å². The first-order valence-electron chi connectivity index (χ1n) is 4.20. The number of tetrazole rings is 1. The standard InChI is InChI=1S/C7H9N7O/c1-15-7-2-5(9-4-10-7)8-3-6-11-13-14-12-6/h2,4H,3H2,1H3,(H,8,9,10)(H,11,12,13,14). The Kier molecular flexibility index (Phi) is 2.68. The van der Waals surface area contributed by atoms with Gasteiger partial charge in [0.15, 0.2) is 5.82 Å². The largest absolute Gasteiger partial charge is 0.481 e. The van der Waals surface area contributed by atoms with Gasteiger partial charge in [0.1, 0.15) is 12.1 Å². The van der Waals surface area contributed by atoms with E-state index in [-0.39, 0.29) is 0 Å². The second-order valence-corrected chi connectivity index (χ2v) is 2.63. The van der Waals surface area contributed by atoms with Crippen LogP contribution in [0.25, 0.3) is 0 Å². The van der Waals surface area contributed by atoms with Crippen molar-refractivity contribution < 1.29 is 4.74 Å². The van der Waals surface area contributed by atoms with E-state index in [1.807, 2.05) is 0 Å². The van der Waals surface area contributed by atoms with Crippen molar-refractivity contribution in [3.63, 3.8) is 0 Å². The monoisotopic (exact) mass is 207 g/mol. The summed E-state index contributed by atoms with van der Waals surface area (Å²) in [6.45, 7) is 0.441. The molecule has 2 aromatic rings. The van der Waals surface area contributed by atoms with Crippen molar-refractivity contribution in [2.24, 2.45) is 0 Å². The van der Waals surface area contributed by atoms with E-state index in [2.05, 4.69) is 35.9 Å². The van der Waals surface area contributed by atoms with Crippen LogP contribution < -0.4 is 10.1 Å². The van der Waals surface area contributed by atoms with Gasteiger partial charge in [0, 0.05) is 6.07 Å².